The molecule has 1 aromatic carbocycles. The summed E-state index contributed by atoms with van der Waals surface area (Å²) in [5, 5.41) is 0. The van der Waals surface area contributed by atoms with Gasteiger partial charge >= 0.3 is 0 Å². The Bertz CT molecular complexity index is 443. The normalized spacial score (nSPS) is 19.4. The Morgan fingerprint density at radius 3 is 2.61 bits per heavy atom. The molecule has 0 bridgehead atoms. The highest BCUT2D eigenvalue weighted by Crippen LogP contribution is 2.38. The van der Waals surface area contributed by atoms with Crippen LogP contribution in [0.25, 0.3) is 0 Å². The summed E-state index contributed by atoms with van der Waals surface area (Å²) < 4.78 is 33.2. The van der Waals surface area contributed by atoms with Gasteiger partial charge < -0.3 is 10.5 Å². The van der Waals surface area contributed by atoms with E-state index >= 15 is 0 Å². The molecule has 2 rings (SSSR count). The van der Waals surface area contributed by atoms with Crippen LogP contribution in [0.4, 0.5) is 8.78 Å². The van der Waals surface area contributed by atoms with Crippen LogP contribution in [0.3, 0.4) is 0 Å². The van der Waals surface area contributed by atoms with Crippen molar-refractivity contribution < 1.29 is 13.5 Å². The molecule has 0 radical (unpaired) electrons. The fourth-order valence-corrected chi connectivity index (χ4v) is 2.79. The van der Waals surface area contributed by atoms with Crippen LogP contribution in [-0.2, 0) is 11.2 Å². The van der Waals surface area contributed by atoms with Crippen molar-refractivity contribution >= 4 is 15.9 Å². The molecule has 100 valence electrons. The van der Waals surface area contributed by atoms with E-state index < -0.39 is 23.3 Å². The third kappa shape index (κ3) is 2.31. The molecule has 0 spiro atoms. The lowest BCUT2D eigenvalue weighted by Crippen LogP contribution is -2.55. The molecule has 1 aromatic rings. The molecule has 2 N–H and O–H groups in total. The lowest BCUT2D eigenvalue weighted by Gasteiger charge is -2.45. The van der Waals surface area contributed by atoms with Crippen molar-refractivity contribution in [3.05, 3.63) is 33.8 Å². The van der Waals surface area contributed by atoms with Crippen molar-refractivity contribution in [3.63, 3.8) is 0 Å². The Kier molecular flexibility index (Phi) is 4.04. The molecule has 0 saturated heterocycles. The molecular weight excluding hydrogens is 304 g/mol. The Morgan fingerprint density at radius 1 is 1.44 bits per heavy atom. The highest BCUT2D eigenvalue weighted by molar-refractivity contribution is 9.10. The van der Waals surface area contributed by atoms with Crippen LogP contribution in [-0.4, -0.2) is 18.8 Å². The maximum atomic E-state index is 13.9. The van der Waals surface area contributed by atoms with Gasteiger partial charge in [0, 0.05) is 18.7 Å². The molecule has 1 saturated carbocycles. The van der Waals surface area contributed by atoms with Crippen LogP contribution < -0.4 is 5.73 Å². The van der Waals surface area contributed by atoms with Crippen molar-refractivity contribution in [1.29, 1.82) is 0 Å². The summed E-state index contributed by atoms with van der Waals surface area (Å²) in [7, 11) is 1.60. The second-order valence-corrected chi connectivity index (χ2v) is 5.61. The van der Waals surface area contributed by atoms with Gasteiger partial charge in [0.2, 0.25) is 0 Å². The predicted molar refractivity (Wildman–Crippen MR) is 69.3 cm³/mol. The lowest BCUT2D eigenvalue weighted by atomic mass is 9.73. The number of hydrogen-bond acceptors (Lipinski definition) is 2. The Labute approximate surface area is 114 Å². The first kappa shape index (κ1) is 13.9. The Hall–Kier alpha value is -0.520. The minimum absolute atomic E-state index is 0.0280. The van der Waals surface area contributed by atoms with E-state index in [2.05, 4.69) is 15.9 Å². The van der Waals surface area contributed by atoms with Crippen LogP contribution in [0.2, 0.25) is 0 Å². The summed E-state index contributed by atoms with van der Waals surface area (Å²) in [6.07, 6.45) is 2.89. The number of benzene rings is 1. The average molecular weight is 320 g/mol. The molecule has 2 nitrogen and oxygen atoms in total. The third-order valence-electron chi connectivity index (χ3n) is 3.85. The van der Waals surface area contributed by atoms with Gasteiger partial charge in [-0.2, -0.15) is 0 Å². The van der Waals surface area contributed by atoms with E-state index in [1.165, 1.54) is 12.1 Å². The van der Waals surface area contributed by atoms with Crippen molar-refractivity contribution in [2.45, 2.75) is 37.3 Å². The van der Waals surface area contributed by atoms with Crippen LogP contribution >= 0.6 is 15.9 Å². The van der Waals surface area contributed by atoms with Gasteiger partial charge in [0.25, 0.3) is 0 Å². The predicted octanol–water partition coefficient (Wildman–Crippen LogP) is 3.17. The first-order valence-corrected chi connectivity index (χ1v) is 6.72. The number of methoxy groups -OCH3 is 1. The fourth-order valence-electron chi connectivity index (χ4n) is 2.41. The number of rotatable bonds is 4. The summed E-state index contributed by atoms with van der Waals surface area (Å²) >= 11 is 3.05. The number of hydrogen-bond donors (Lipinski definition) is 1. The zero-order valence-corrected chi connectivity index (χ0v) is 11.8. The average Bonchev–Trinajstić information content (AvgIpc) is 2.29. The van der Waals surface area contributed by atoms with Crippen molar-refractivity contribution in [2.24, 2.45) is 5.73 Å². The second-order valence-electron chi connectivity index (χ2n) is 4.75. The zero-order chi connectivity index (χ0) is 13.3. The van der Waals surface area contributed by atoms with Gasteiger partial charge in [-0.15, -0.1) is 0 Å². The number of ether oxygens (including phenoxy) is 1. The van der Waals surface area contributed by atoms with E-state index in [4.69, 9.17) is 10.5 Å². The maximum absolute atomic E-state index is 13.9. The van der Waals surface area contributed by atoms with E-state index in [1.54, 1.807) is 7.11 Å². The molecule has 1 unspecified atom stereocenters. The van der Waals surface area contributed by atoms with Gasteiger partial charge in [-0.05, 0) is 53.7 Å². The highest BCUT2D eigenvalue weighted by atomic mass is 79.9. The van der Waals surface area contributed by atoms with Crippen molar-refractivity contribution in [3.8, 4) is 0 Å². The molecule has 0 aromatic heterocycles. The SMILES string of the molecule is COC1(C(N)Cc2c(F)ccc(Br)c2F)CCC1. The van der Waals surface area contributed by atoms with Crippen molar-refractivity contribution in [2.75, 3.05) is 7.11 Å². The molecule has 0 heterocycles. The minimum atomic E-state index is -0.573. The molecule has 5 heteroatoms. The molecular formula is C13H16BrF2NO. The van der Waals surface area contributed by atoms with Gasteiger partial charge in [0.1, 0.15) is 11.6 Å². The van der Waals surface area contributed by atoms with Crippen molar-refractivity contribution in [1.82, 2.24) is 0 Å². The van der Waals surface area contributed by atoms with Gasteiger partial charge in [0.05, 0.1) is 10.1 Å². The first-order chi connectivity index (χ1) is 8.50. The summed E-state index contributed by atoms with van der Waals surface area (Å²) in [6, 6.07) is 2.21. The summed E-state index contributed by atoms with van der Waals surface area (Å²) in [5.74, 6) is -1.13. The van der Waals surface area contributed by atoms with E-state index in [0.717, 1.165) is 19.3 Å². The van der Waals surface area contributed by atoms with Crippen LogP contribution in [0, 0.1) is 11.6 Å². The van der Waals surface area contributed by atoms with Gasteiger partial charge in [-0.1, -0.05) is 0 Å². The number of nitrogens with two attached hydrogens (primary N) is 1. The highest BCUT2D eigenvalue weighted by Gasteiger charge is 2.43. The van der Waals surface area contributed by atoms with E-state index in [-0.39, 0.29) is 16.5 Å². The van der Waals surface area contributed by atoms with Crippen LogP contribution in [0.1, 0.15) is 24.8 Å². The molecule has 1 atom stereocenters. The molecule has 1 fully saturated rings. The fraction of sp³-hybridized carbons (Fsp3) is 0.538. The molecule has 0 amide bonds. The monoisotopic (exact) mass is 319 g/mol. The minimum Gasteiger partial charge on any atom is -0.377 e. The summed E-state index contributed by atoms with van der Waals surface area (Å²) in [5.41, 5.74) is 5.68. The smallest absolute Gasteiger partial charge is 0.143 e. The van der Waals surface area contributed by atoms with Gasteiger partial charge in [-0.3, -0.25) is 0 Å². The van der Waals surface area contributed by atoms with E-state index in [0.29, 0.717) is 0 Å². The van der Waals surface area contributed by atoms with E-state index in [1.807, 2.05) is 0 Å². The summed E-state index contributed by atoms with van der Waals surface area (Å²) in [6.45, 7) is 0. The zero-order valence-electron chi connectivity index (χ0n) is 10.2. The topological polar surface area (TPSA) is 35.2 Å². The maximum Gasteiger partial charge on any atom is 0.143 e. The second kappa shape index (κ2) is 5.23. The molecule has 1 aliphatic rings. The van der Waals surface area contributed by atoms with Gasteiger partial charge in [0.15, 0.2) is 0 Å². The largest absolute Gasteiger partial charge is 0.377 e. The summed E-state index contributed by atoms with van der Waals surface area (Å²) in [4.78, 5) is 0. The standard InChI is InChI=1S/C13H16BrF2NO/c1-18-13(5-2-6-13)11(17)7-8-10(15)4-3-9(14)12(8)16/h3-4,11H,2,5-7,17H2,1H3. The van der Waals surface area contributed by atoms with Crippen LogP contribution in [0.5, 0.6) is 0 Å². The third-order valence-corrected chi connectivity index (χ3v) is 4.46. The van der Waals surface area contributed by atoms with E-state index in [9.17, 15) is 8.78 Å². The lowest BCUT2D eigenvalue weighted by molar-refractivity contribution is -0.0899. The molecule has 0 aliphatic heterocycles. The quantitative estimate of drug-likeness (QED) is 0.865. The molecule has 18 heavy (non-hydrogen) atoms. The number of halogens is 3. The Morgan fingerprint density at radius 2 is 2.11 bits per heavy atom. The Balaban J connectivity index is 2.21. The van der Waals surface area contributed by atoms with Gasteiger partial charge in [-0.25, -0.2) is 8.78 Å². The van der Waals surface area contributed by atoms with Crippen LogP contribution in [0.15, 0.2) is 16.6 Å². The molecule has 1 aliphatic carbocycles. The first-order valence-electron chi connectivity index (χ1n) is 5.93.